The molecule has 2 aromatic rings. The van der Waals surface area contributed by atoms with Crippen molar-refractivity contribution >= 4 is 5.69 Å². The molecule has 0 amide bonds. The van der Waals surface area contributed by atoms with Gasteiger partial charge in [0, 0.05) is 5.69 Å². The first kappa shape index (κ1) is 15.2. The fraction of sp³-hybridized carbons (Fsp3) is 0.143. The maximum atomic E-state index is 12.9. The number of nitrogen functional groups attached to an aromatic ring is 1. The molecule has 0 aromatic heterocycles. The molecule has 0 bridgehead atoms. The van der Waals surface area contributed by atoms with Crippen LogP contribution in [0.25, 0.3) is 11.1 Å². The molecule has 0 spiro atoms. The second-order valence-corrected chi connectivity index (χ2v) is 4.38. The molecule has 0 radical (unpaired) electrons. The van der Waals surface area contributed by atoms with Crippen LogP contribution < -0.4 is 5.73 Å². The summed E-state index contributed by atoms with van der Waals surface area (Å²) in [5.41, 5.74) is 3.44. The van der Waals surface area contributed by atoms with Gasteiger partial charge in [0.25, 0.3) is 0 Å². The molecule has 0 aliphatic rings. The van der Waals surface area contributed by atoms with E-state index in [1.807, 2.05) is 0 Å². The van der Waals surface area contributed by atoms with E-state index in [4.69, 9.17) is 5.73 Å². The fourth-order valence-electron chi connectivity index (χ4n) is 1.89. The number of anilines is 1. The van der Waals surface area contributed by atoms with E-state index in [1.54, 1.807) is 0 Å². The van der Waals surface area contributed by atoms with Crippen LogP contribution in [0.5, 0.6) is 0 Å². The third-order valence-electron chi connectivity index (χ3n) is 2.87. The van der Waals surface area contributed by atoms with Crippen LogP contribution in [0, 0.1) is 0 Å². The first-order chi connectivity index (χ1) is 9.59. The average molecular weight is 305 g/mol. The highest BCUT2D eigenvalue weighted by molar-refractivity contribution is 5.72. The Morgan fingerprint density at radius 1 is 0.714 bits per heavy atom. The summed E-state index contributed by atoms with van der Waals surface area (Å²) in [4.78, 5) is 0. The first-order valence-electron chi connectivity index (χ1n) is 5.73. The van der Waals surface area contributed by atoms with Gasteiger partial charge in [-0.2, -0.15) is 26.3 Å². The van der Waals surface area contributed by atoms with Crippen LogP contribution in [0.4, 0.5) is 32.0 Å². The molecule has 0 aliphatic heterocycles. The van der Waals surface area contributed by atoms with E-state index in [1.165, 1.54) is 0 Å². The topological polar surface area (TPSA) is 26.0 Å². The molecule has 0 aliphatic carbocycles. The average Bonchev–Trinajstić information content (AvgIpc) is 2.36. The maximum Gasteiger partial charge on any atom is 0.417 e. The summed E-state index contributed by atoms with van der Waals surface area (Å²) >= 11 is 0. The highest BCUT2D eigenvalue weighted by Gasteiger charge is 2.34. The number of halogens is 6. The van der Waals surface area contributed by atoms with E-state index >= 15 is 0 Å². The Labute approximate surface area is 116 Å². The predicted molar refractivity (Wildman–Crippen MR) is 66.3 cm³/mol. The molecule has 0 atom stereocenters. The summed E-state index contributed by atoms with van der Waals surface area (Å²) in [5.74, 6) is 0. The lowest BCUT2D eigenvalue weighted by Crippen LogP contribution is -2.08. The minimum absolute atomic E-state index is 0.0163. The number of hydrogen-bond donors (Lipinski definition) is 1. The molecule has 0 fully saturated rings. The lowest BCUT2D eigenvalue weighted by molar-refractivity contribution is -0.138. The summed E-state index contributed by atoms with van der Waals surface area (Å²) < 4.78 is 76.1. The Hall–Kier alpha value is -2.18. The zero-order chi connectivity index (χ0) is 15.8. The molecule has 2 aromatic carbocycles. The van der Waals surface area contributed by atoms with Crippen molar-refractivity contribution in [2.45, 2.75) is 12.4 Å². The molecule has 112 valence electrons. The van der Waals surface area contributed by atoms with Crippen molar-refractivity contribution in [2.75, 3.05) is 5.73 Å². The second kappa shape index (κ2) is 4.98. The van der Waals surface area contributed by atoms with Crippen molar-refractivity contribution in [3.05, 3.63) is 53.6 Å². The monoisotopic (exact) mass is 305 g/mol. The fourth-order valence-corrected chi connectivity index (χ4v) is 1.89. The van der Waals surface area contributed by atoms with Gasteiger partial charge in [-0.1, -0.05) is 12.1 Å². The van der Waals surface area contributed by atoms with Gasteiger partial charge < -0.3 is 5.73 Å². The zero-order valence-corrected chi connectivity index (χ0v) is 10.4. The van der Waals surface area contributed by atoms with Gasteiger partial charge in [0.05, 0.1) is 11.1 Å². The van der Waals surface area contributed by atoms with E-state index in [-0.39, 0.29) is 16.8 Å². The Morgan fingerprint density at radius 2 is 1.29 bits per heavy atom. The molecule has 0 heterocycles. The molecule has 0 saturated carbocycles. The molecule has 7 heteroatoms. The third-order valence-corrected chi connectivity index (χ3v) is 2.87. The normalized spacial score (nSPS) is 12.5. The van der Waals surface area contributed by atoms with Crippen molar-refractivity contribution in [1.82, 2.24) is 0 Å². The standard InChI is InChI=1S/C14H9F6N/c15-13(16,17)9-3-1-8(2-4-9)11-7-10(21)5-6-12(11)14(18,19)20/h1-7H,21H2. The van der Waals surface area contributed by atoms with Gasteiger partial charge in [-0.25, -0.2) is 0 Å². The van der Waals surface area contributed by atoms with Crippen molar-refractivity contribution in [3.63, 3.8) is 0 Å². The highest BCUT2D eigenvalue weighted by Crippen LogP contribution is 2.39. The van der Waals surface area contributed by atoms with Crippen molar-refractivity contribution in [2.24, 2.45) is 0 Å². The van der Waals surface area contributed by atoms with Crippen LogP contribution in [0.1, 0.15) is 11.1 Å². The Morgan fingerprint density at radius 3 is 1.76 bits per heavy atom. The molecular weight excluding hydrogens is 296 g/mol. The van der Waals surface area contributed by atoms with E-state index in [9.17, 15) is 26.3 Å². The van der Waals surface area contributed by atoms with Crippen LogP contribution >= 0.6 is 0 Å². The van der Waals surface area contributed by atoms with Crippen LogP contribution in [-0.2, 0) is 12.4 Å². The van der Waals surface area contributed by atoms with Crippen molar-refractivity contribution < 1.29 is 26.3 Å². The van der Waals surface area contributed by atoms with Gasteiger partial charge in [0.15, 0.2) is 0 Å². The Kier molecular flexibility index (Phi) is 3.61. The highest BCUT2D eigenvalue weighted by atomic mass is 19.4. The minimum Gasteiger partial charge on any atom is -0.399 e. The molecule has 2 N–H and O–H groups in total. The maximum absolute atomic E-state index is 12.9. The summed E-state index contributed by atoms with van der Waals surface area (Å²) in [6.07, 6.45) is -9.16. The van der Waals surface area contributed by atoms with Gasteiger partial charge in [0.1, 0.15) is 0 Å². The lowest BCUT2D eigenvalue weighted by atomic mass is 9.97. The predicted octanol–water partition coefficient (Wildman–Crippen LogP) is 4.97. The van der Waals surface area contributed by atoms with E-state index in [0.717, 1.165) is 42.5 Å². The first-order valence-corrected chi connectivity index (χ1v) is 5.73. The van der Waals surface area contributed by atoms with Crippen LogP contribution in [0.2, 0.25) is 0 Å². The zero-order valence-electron chi connectivity index (χ0n) is 10.4. The summed E-state index contributed by atoms with van der Waals surface area (Å²) in [7, 11) is 0. The Bertz CT molecular complexity index is 640. The van der Waals surface area contributed by atoms with Crippen molar-refractivity contribution in [3.8, 4) is 11.1 Å². The largest absolute Gasteiger partial charge is 0.417 e. The number of benzene rings is 2. The molecule has 21 heavy (non-hydrogen) atoms. The molecule has 0 unspecified atom stereocenters. The number of hydrogen-bond acceptors (Lipinski definition) is 1. The number of rotatable bonds is 1. The summed E-state index contributed by atoms with van der Waals surface area (Å²) in [6.45, 7) is 0. The van der Waals surface area contributed by atoms with Crippen molar-refractivity contribution in [1.29, 1.82) is 0 Å². The molecule has 0 saturated heterocycles. The summed E-state index contributed by atoms with van der Waals surface area (Å²) in [5, 5.41) is 0. The van der Waals surface area contributed by atoms with E-state index in [0.29, 0.717) is 0 Å². The minimum atomic E-state index is -4.62. The van der Waals surface area contributed by atoms with Gasteiger partial charge in [0.2, 0.25) is 0 Å². The summed E-state index contributed by atoms with van der Waals surface area (Å²) in [6, 6.07) is 6.45. The molecule has 1 nitrogen and oxygen atoms in total. The molecular formula is C14H9F6N. The Balaban J connectivity index is 2.54. The van der Waals surface area contributed by atoms with Crippen LogP contribution in [0.15, 0.2) is 42.5 Å². The van der Waals surface area contributed by atoms with Crippen LogP contribution in [-0.4, -0.2) is 0 Å². The van der Waals surface area contributed by atoms with Crippen LogP contribution in [0.3, 0.4) is 0 Å². The van der Waals surface area contributed by atoms with Gasteiger partial charge in [-0.05, 0) is 41.5 Å². The van der Waals surface area contributed by atoms with E-state index < -0.39 is 23.5 Å². The third kappa shape index (κ3) is 3.29. The number of alkyl halides is 6. The van der Waals surface area contributed by atoms with E-state index in [2.05, 4.69) is 0 Å². The SMILES string of the molecule is Nc1ccc(C(F)(F)F)c(-c2ccc(C(F)(F)F)cc2)c1. The van der Waals surface area contributed by atoms with Gasteiger partial charge >= 0.3 is 12.4 Å². The van der Waals surface area contributed by atoms with Gasteiger partial charge in [-0.3, -0.25) is 0 Å². The second-order valence-electron chi connectivity index (χ2n) is 4.38. The number of nitrogens with two attached hydrogens (primary N) is 1. The smallest absolute Gasteiger partial charge is 0.399 e. The quantitative estimate of drug-likeness (QED) is 0.584. The lowest BCUT2D eigenvalue weighted by Gasteiger charge is -2.14. The van der Waals surface area contributed by atoms with Gasteiger partial charge in [-0.15, -0.1) is 0 Å². The molecule has 2 rings (SSSR count).